The lowest BCUT2D eigenvalue weighted by Crippen LogP contribution is -2.05. The summed E-state index contributed by atoms with van der Waals surface area (Å²) in [5.41, 5.74) is 6.56. The summed E-state index contributed by atoms with van der Waals surface area (Å²) < 4.78 is 1.89. The van der Waals surface area contributed by atoms with E-state index in [0.29, 0.717) is 0 Å². The van der Waals surface area contributed by atoms with Gasteiger partial charge in [-0.25, -0.2) is 4.98 Å². The maximum absolute atomic E-state index is 11.3. The number of hydrogen-bond donors (Lipinski definition) is 1. The van der Waals surface area contributed by atoms with Gasteiger partial charge in [0.05, 0.1) is 17.8 Å². The van der Waals surface area contributed by atoms with E-state index >= 15 is 0 Å². The van der Waals surface area contributed by atoms with Crippen molar-refractivity contribution in [2.45, 2.75) is 27.2 Å². The highest BCUT2D eigenvalue weighted by atomic mass is 16.4. The van der Waals surface area contributed by atoms with Gasteiger partial charge >= 0.3 is 5.97 Å². The van der Waals surface area contributed by atoms with Gasteiger partial charge in [-0.2, -0.15) is 0 Å². The fraction of sp³-hybridized carbons (Fsp3) is 0.222. The highest BCUT2D eigenvalue weighted by Gasteiger charge is 2.18. The number of nitrogens with zero attached hydrogens (tertiary/aromatic N) is 2. The van der Waals surface area contributed by atoms with Crippen molar-refractivity contribution in [2.75, 3.05) is 0 Å². The van der Waals surface area contributed by atoms with E-state index in [9.17, 15) is 9.90 Å². The minimum Gasteiger partial charge on any atom is -0.481 e. The summed E-state index contributed by atoms with van der Waals surface area (Å²) in [5, 5.41) is 9.27. The van der Waals surface area contributed by atoms with Crippen LogP contribution in [-0.2, 0) is 11.2 Å². The van der Waals surface area contributed by atoms with E-state index in [1.165, 1.54) is 0 Å². The van der Waals surface area contributed by atoms with E-state index in [4.69, 9.17) is 4.98 Å². The molecular formula is C18H18N2O2. The molecule has 0 spiro atoms. The first-order valence-electron chi connectivity index (χ1n) is 7.23. The van der Waals surface area contributed by atoms with Crippen LogP contribution in [0.4, 0.5) is 0 Å². The zero-order chi connectivity index (χ0) is 15.9. The van der Waals surface area contributed by atoms with Gasteiger partial charge in [-0.3, -0.25) is 4.79 Å². The van der Waals surface area contributed by atoms with Gasteiger partial charge in [-0.05, 0) is 44.0 Å². The highest BCUT2D eigenvalue weighted by molar-refractivity contribution is 5.77. The lowest BCUT2D eigenvalue weighted by molar-refractivity contribution is -0.136. The molecule has 1 aromatic carbocycles. The smallest absolute Gasteiger partial charge is 0.309 e. The SMILES string of the molecule is Cc1ccc(C)c(-c2nc3c(C)cccn3c2CC(=O)O)c1. The van der Waals surface area contributed by atoms with Gasteiger partial charge in [-0.1, -0.05) is 23.8 Å². The van der Waals surface area contributed by atoms with Gasteiger partial charge in [0.15, 0.2) is 0 Å². The first-order chi connectivity index (χ1) is 10.5. The number of aromatic nitrogens is 2. The topological polar surface area (TPSA) is 54.6 Å². The molecule has 4 nitrogen and oxygen atoms in total. The monoisotopic (exact) mass is 294 g/mol. The van der Waals surface area contributed by atoms with E-state index in [0.717, 1.165) is 39.3 Å². The van der Waals surface area contributed by atoms with E-state index in [-0.39, 0.29) is 6.42 Å². The number of imidazole rings is 1. The summed E-state index contributed by atoms with van der Waals surface area (Å²) in [6.45, 7) is 6.04. The molecule has 3 rings (SSSR count). The summed E-state index contributed by atoms with van der Waals surface area (Å²) in [5.74, 6) is -0.852. The zero-order valence-corrected chi connectivity index (χ0v) is 12.9. The second-order valence-corrected chi connectivity index (χ2v) is 5.68. The van der Waals surface area contributed by atoms with Crippen LogP contribution in [0.5, 0.6) is 0 Å². The molecule has 0 atom stereocenters. The van der Waals surface area contributed by atoms with Crippen LogP contribution in [0.25, 0.3) is 16.9 Å². The van der Waals surface area contributed by atoms with Crippen molar-refractivity contribution in [2.24, 2.45) is 0 Å². The average Bonchev–Trinajstić information content (AvgIpc) is 2.81. The maximum Gasteiger partial charge on any atom is 0.309 e. The van der Waals surface area contributed by atoms with Crippen LogP contribution in [-0.4, -0.2) is 20.5 Å². The predicted molar refractivity (Wildman–Crippen MR) is 86.2 cm³/mol. The van der Waals surface area contributed by atoms with Gasteiger partial charge in [0.25, 0.3) is 0 Å². The van der Waals surface area contributed by atoms with E-state index in [2.05, 4.69) is 12.1 Å². The first kappa shape index (κ1) is 14.3. The minimum atomic E-state index is -0.852. The molecular weight excluding hydrogens is 276 g/mol. The maximum atomic E-state index is 11.3. The third-order valence-electron chi connectivity index (χ3n) is 3.91. The van der Waals surface area contributed by atoms with Gasteiger partial charge in [0.2, 0.25) is 0 Å². The molecule has 4 heteroatoms. The van der Waals surface area contributed by atoms with Gasteiger partial charge in [0, 0.05) is 11.8 Å². The van der Waals surface area contributed by atoms with Crippen molar-refractivity contribution in [1.82, 2.24) is 9.38 Å². The predicted octanol–water partition coefficient (Wildman–Crippen LogP) is 3.55. The van der Waals surface area contributed by atoms with Crippen LogP contribution >= 0.6 is 0 Å². The average molecular weight is 294 g/mol. The van der Waals surface area contributed by atoms with Crippen molar-refractivity contribution < 1.29 is 9.90 Å². The minimum absolute atomic E-state index is 0.0483. The molecule has 22 heavy (non-hydrogen) atoms. The Morgan fingerprint density at radius 1 is 1.18 bits per heavy atom. The van der Waals surface area contributed by atoms with E-state index in [1.807, 2.05) is 49.6 Å². The molecule has 3 aromatic rings. The molecule has 0 saturated heterocycles. The van der Waals surface area contributed by atoms with Crippen LogP contribution < -0.4 is 0 Å². The number of rotatable bonds is 3. The Kier molecular flexibility index (Phi) is 3.45. The van der Waals surface area contributed by atoms with Crippen LogP contribution in [0.1, 0.15) is 22.4 Å². The third-order valence-corrected chi connectivity index (χ3v) is 3.91. The molecule has 0 unspecified atom stereocenters. The number of hydrogen-bond acceptors (Lipinski definition) is 2. The first-order valence-corrected chi connectivity index (χ1v) is 7.23. The number of pyridine rings is 1. The second kappa shape index (κ2) is 5.30. The number of aliphatic carboxylic acids is 1. The Bertz CT molecular complexity index is 878. The molecule has 0 saturated carbocycles. The van der Waals surface area contributed by atoms with Crippen molar-refractivity contribution >= 4 is 11.6 Å². The third kappa shape index (κ3) is 2.37. The van der Waals surface area contributed by atoms with E-state index < -0.39 is 5.97 Å². The molecule has 0 bridgehead atoms. The number of fused-ring (bicyclic) bond motifs is 1. The number of benzene rings is 1. The van der Waals surface area contributed by atoms with Crippen molar-refractivity contribution in [3.63, 3.8) is 0 Å². The molecule has 0 radical (unpaired) electrons. The summed E-state index contributed by atoms with van der Waals surface area (Å²) in [6.07, 6.45) is 1.83. The lowest BCUT2D eigenvalue weighted by atomic mass is 10.0. The molecule has 0 aliphatic rings. The quantitative estimate of drug-likeness (QED) is 0.803. The van der Waals surface area contributed by atoms with E-state index in [1.54, 1.807) is 0 Å². The lowest BCUT2D eigenvalue weighted by Gasteiger charge is -2.07. The fourth-order valence-electron chi connectivity index (χ4n) is 2.77. The Balaban J connectivity index is 2.35. The van der Waals surface area contributed by atoms with Gasteiger partial charge in [0.1, 0.15) is 5.65 Å². The standard InChI is InChI=1S/C18H18N2O2/c1-11-6-7-12(2)14(9-11)17-15(10-16(21)22)20-8-4-5-13(3)18(20)19-17/h4-9H,10H2,1-3H3,(H,21,22). The number of carboxylic acid groups (broad SMARTS) is 1. The van der Waals surface area contributed by atoms with Crippen LogP contribution in [0.2, 0.25) is 0 Å². The number of carboxylic acids is 1. The molecule has 2 heterocycles. The summed E-state index contributed by atoms with van der Waals surface area (Å²) in [7, 11) is 0. The van der Waals surface area contributed by atoms with Crippen molar-refractivity contribution in [1.29, 1.82) is 0 Å². The van der Waals surface area contributed by atoms with Crippen molar-refractivity contribution in [3.05, 3.63) is 58.9 Å². The van der Waals surface area contributed by atoms with Crippen LogP contribution in [0.3, 0.4) is 0 Å². The molecule has 2 aromatic heterocycles. The highest BCUT2D eigenvalue weighted by Crippen LogP contribution is 2.29. The zero-order valence-electron chi connectivity index (χ0n) is 12.9. The Morgan fingerprint density at radius 2 is 1.95 bits per heavy atom. The van der Waals surface area contributed by atoms with Crippen LogP contribution in [0.15, 0.2) is 36.5 Å². The molecule has 0 fully saturated rings. The molecule has 0 aliphatic heterocycles. The largest absolute Gasteiger partial charge is 0.481 e. The molecule has 0 amide bonds. The Morgan fingerprint density at radius 3 is 2.68 bits per heavy atom. The Labute approximate surface area is 129 Å². The molecule has 112 valence electrons. The molecule has 0 aliphatic carbocycles. The number of aryl methyl sites for hydroxylation is 3. The summed E-state index contributed by atoms with van der Waals surface area (Å²) in [4.78, 5) is 16.0. The van der Waals surface area contributed by atoms with Crippen LogP contribution in [0, 0.1) is 20.8 Å². The van der Waals surface area contributed by atoms with Gasteiger partial charge in [-0.15, -0.1) is 0 Å². The fourth-order valence-corrected chi connectivity index (χ4v) is 2.77. The second-order valence-electron chi connectivity index (χ2n) is 5.68. The van der Waals surface area contributed by atoms with Gasteiger partial charge < -0.3 is 9.51 Å². The summed E-state index contributed by atoms with van der Waals surface area (Å²) in [6, 6.07) is 10.1. The molecule has 1 N–H and O–H groups in total. The summed E-state index contributed by atoms with van der Waals surface area (Å²) >= 11 is 0. The normalized spacial score (nSPS) is 11.0. The Hall–Kier alpha value is -2.62. The van der Waals surface area contributed by atoms with Crippen molar-refractivity contribution in [3.8, 4) is 11.3 Å². The number of carbonyl (C=O) groups is 1.